The normalized spacial score (nSPS) is 10.1. The molecule has 0 fully saturated rings. The number of nitrogens with one attached hydrogen (secondary N) is 3. The van der Waals surface area contributed by atoms with E-state index < -0.39 is 5.97 Å². The Morgan fingerprint density at radius 1 is 0.960 bits per heavy atom. The number of nitrogens with zero attached hydrogens (tertiary/aromatic N) is 1. The van der Waals surface area contributed by atoms with Gasteiger partial charge in [0.1, 0.15) is 5.82 Å². The van der Waals surface area contributed by atoms with Crippen LogP contribution in [0.1, 0.15) is 28.8 Å². The first-order valence-corrected chi connectivity index (χ1v) is 8.14. The monoisotopic (exact) mass is 342 g/mol. The minimum atomic E-state index is -0.963. The Hall–Kier alpha value is -3.09. The van der Waals surface area contributed by atoms with Gasteiger partial charge in [0.15, 0.2) is 0 Å². The highest BCUT2D eigenvalue weighted by atomic mass is 16.4. The molecule has 4 N–H and O–H groups in total. The first-order chi connectivity index (χ1) is 12.1. The summed E-state index contributed by atoms with van der Waals surface area (Å²) in [6.07, 6.45) is 3.53. The highest BCUT2D eigenvalue weighted by Gasteiger charge is 2.03. The van der Waals surface area contributed by atoms with Crippen molar-refractivity contribution in [2.24, 2.45) is 0 Å². The summed E-state index contributed by atoms with van der Waals surface area (Å²) in [4.78, 5) is 26.6. The number of rotatable bonds is 9. The van der Waals surface area contributed by atoms with Crippen molar-refractivity contribution in [3.8, 4) is 0 Å². The lowest BCUT2D eigenvalue weighted by Crippen LogP contribution is -2.35. The van der Waals surface area contributed by atoms with Crippen molar-refractivity contribution in [3.05, 3.63) is 59.8 Å². The highest BCUT2D eigenvalue weighted by molar-refractivity contribution is 5.87. The maximum absolute atomic E-state index is 11.7. The zero-order chi connectivity index (χ0) is 17.9. The summed E-state index contributed by atoms with van der Waals surface area (Å²) in [6, 6.07) is 11.9. The van der Waals surface area contributed by atoms with E-state index in [9.17, 15) is 9.59 Å². The molecule has 1 aromatic carbocycles. The molecule has 0 radical (unpaired) electrons. The lowest BCUT2D eigenvalue weighted by atomic mass is 10.1. The maximum Gasteiger partial charge on any atom is 0.335 e. The number of anilines is 1. The summed E-state index contributed by atoms with van der Waals surface area (Å²) in [5.41, 5.74) is 1.08. The van der Waals surface area contributed by atoms with E-state index in [4.69, 9.17) is 5.11 Å². The van der Waals surface area contributed by atoms with Crippen molar-refractivity contribution in [1.82, 2.24) is 15.6 Å². The van der Waals surface area contributed by atoms with Gasteiger partial charge < -0.3 is 21.1 Å². The number of amides is 2. The van der Waals surface area contributed by atoms with E-state index in [0.29, 0.717) is 13.1 Å². The Bertz CT molecular complexity index is 674. The molecule has 1 aromatic heterocycles. The third-order valence-corrected chi connectivity index (χ3v) is 3.51. The van der Waals surface area contributed by atoms with Crippen molar-refractivity contribution in [1.29, 1.82) is 0 Å². The molecule has 2 amide bonds. The van der Waals surface area contributed by atoms with E-state index in [1.807, 2.05) is 18.2 Å². The molecule has 25 heavy (non-hydrogen) atoms. The number of carboxylic acid groups (broad SMARTS) is 1. The largest absolute Gasteiger partial charge is 0.478 e. The lowest BCUT2D eigenvalue weighted by molar-refractivity contribution is 0.0697. The standard InChI is InChI=1S/C18H22N4O3/c23-17(24)15-8-6-14(7-9-15)13-22-18(25)21-12-4-3-11-20-16-5-1-2-10-19-16/h1-2,5-10H,3-4,11-13H2,(H,19,20)(H,23,24)(H2,21,22,25). The van der Waals surface area contributed by atoms with Crippen LogP contribution in [0, 0.1) is 0 Å². The van der Waals surface area contributed by atoms with Crippen LogP contribution in [0.25, 0.3) is 0 Å². The number of carbonyl (C=O) groups is 2. The van der Waals surface area contributed by atoms with Crippen molar-refractivity contribution in [2.75, 3.05) is 18.4 Å². The Morgan fingerprint density at radius 2 is 1.72 bits per heavy atom. The van der Waals surface area contributed by atoms with Crippen LogP contribution in [0.3, 0.4) is 0 Å². The van der Waals surface area contributed by atoms with Crippen molar-refractivity contribution >= 4 is 17.8 Å². The number of hydrogen-bond acceptors (Lipinski definition) is 4. The molecule has 0 aliphatic heterocycles. The second-order valence-electron chi connectivity index (χ2n) is 5.46. The number of aromatic nitrogens is 1. The number of carbonyl (C=O) groups excluding carboxylic acids is 1. The van der Waals surface area contributed by atoms with E-state index in [1.165, 1.54) is 12.1 Å². The number of unbranched alkanes of at least 4 members (excludes halogenated alkanes) is 1. The average molecular weight is 342 g/mol. The first kappa shape index (κ1) is 18.3. The van der Waals surface area contributed by atoms with Crippen LogP contribution in [0.15, 0.2) is 48.7 Å². The van der Waals surface area contributed by atoms with Gasteiger partial charge in [-0.3, -0.25) is 0 Å². The third-order valence-electron chi connectivity index (χ3n) is 3.51. The molecule has 0 spiro atoms. The van der Waals surface area contributed by atoms with Gasteiger partial charge in [-0.15, -0.1) is 0 Å². The zero-order valence-electron chi connectivity index (χ0n) is 13.9. The van der Waals surface area contributed by atoms with E-state index in [0.717, 1.165) is 30.8 Å². The summed E-state index contributed by atoms with van der Waals surface area (Å²) in [5.74, 6) is -0.114. The third kappa shape index (κ3) is 6.90. The molecule has 2 aromatic rings. The molecule has 1 heterocycles. The molecule has 0 saturated carbocycles. The lowest BCUT2D eigenvalue weighted by Gasteiger charge is -2.08. The summed E-state index contributed by atoms with van der Waals surface area (Å²) in [7, 11) is 0. The summed E-state index contributed by atoms with van der Waals surface area (Å²) < 4.78 is 0. The number of urea groups is 1. The maximum atomic E-state index is 11.7. The van der Waals surface area contributed by atoms with Gasteiger partial charge in [-0.2, -0.15) is 0 Å². The molecule has 7 heteroatoms. The molecule has 0 atom stereocenters. The first-order valence-electron chi connectivity index (χ1n) is 8.14. The van der Waals surface area contributed by atoms with Crippen LogP contribution in [0.2, 0.25) is 0 Å². The molecule has 0 unspecified atom stereocenters. The minimum Gasteiger partial charge on any atom is -0.478 e. The fourth-order valence-electron chi connectivity index (χ4n) is 2.15. The number of hydrogen-bond donors (Lipinski definition) is 4. The van der Waals surface area contributed by atoms with Crippen LogP contribution in [-0.4, -0.2) is 35.2 Å². The summed E-state index contributed by atoms with van der Waals surface area (Å²) >= 11 is 0. The number of benzene rings is 1. The number of pyridine rings is 1. The fourth-order valence-corrected chi connectivity index (χ4v) is 2.15. The van der Waals surface area contributed by atoms with Gasteiger partial charge in [-0.05, 0) is 42.7 Å². The molecule has 0 aliphatic carbocycles. The molecule has 132 valence electrons. The second kappa shape index (κ2) is 9.92. The summed E-state index contributed by atoms with van der Waals surface area (Å²) in [6.45, 7) is 1.75. The Kier molecular flexibility index (Phi) is 7.24. The molecule has 0 saturated heterocycles. The van der Waals surface area contributed by atoms with E-state index >= 15 is 0 Å². The van der Waals surface area contributed by atoms with Gasteiger partial charge in [-0.1, -0.05) is 18.2 Å². The van der Waals surface area contributed by atoms with Gasteiger partial charge in [-0.25, -0.2) is 14.6 Å². The fraction of sp³-hybridized carbons (Fsp3) is 0.278. The second-order valence-corrected chi connectivity index (χ2v) is 5.46. The minimum absolute atomic E-state index is 0.229. The molecule has 0 bridgehead atoms. The summed E-state index contributed by atoms with van der Waals surface area (Å²) in [5, 5.41) is 17.6. The van der Waals surface area contributed by atoms with Gasteiger partial charge in [0, 0.05) is 25.8 Å². The van der Waals surface area contributed by atoms with Crippen molar-refractivity contribution in [2.45, 2.75) is 19.4 Å². The van der Waals surface area contributed by atoms with Crippen LogP contribution in [-0.2, 0) is 6.54 Å². The average Bonchev–Trinajstić information content (AvgIpc) is 2.64. The molecule has 0 aliphatic rings. The van der Waals surface area contributed by atoms with Gasteiger partial charge in [0.25, 0.3) is 0 Å². The highest BCUT2D eigenvalue weighted by Crippen LogP contribution is 2.04. The Balaban J connectivity index is 1.54. The van der Waals surface area contributed by atoms with Gasteiger partial charge in [0.2, 0.25) is 0 Å². The predicted molar refractivity (Wildman–Crippen MR) is 95.6 cm³/mol. The number of carboxylic acids is 1. The SMILES string of the molecule is O=C(NCCCCNc1ccccn1)NCc1ccc(C(=O)O)cc1. The molecular weight excluding hydrogens is 320 g/mol. The molecule has 2 rings (SSSR count). The predicted octanol–water partition coefficient (Wildman–Crippen LogP) is 2.47. The van der Waals surface area contributed by atoms with Crippen molar-refractivity contribution in [3.63, 3.8) is 0 Å². The molecular formula is C18H22N4O3. The smallest absolute Gasteiger partial charge is 0.335 e. The van der Waals surface area contributed by atoms with E-state index in [2.05, 4.69) is 20.9 Å². The Labute approximate surface area is 146 Å². The van der Waals surface area contributed by atoms with Gasteiger partial charge in [0.05, 0.1) is 5.56 Å². The Morgan fingerprint density at radius 3 is 2.40 bits per heavy atom. The van der Waals surface area contributed by atoms with E-state index in [-0.39, 0.29) is 11.6 Å². The van der Waals surface area contributed by atoms with Crippen LogP contribution in [0.4, 0.5) is 10.6 Å². The van der Waals surface area contributed by atoms with Gasteiger partial charge >= 0.3 is 12.0 Å². The van der Waals surface area contributed by atoms with E-state index in [1.54, 1.807) is 18.3 Å². The van der Waals surface area contributed by atoms with Crippen molar-refractivity contribution < 1.29 is 14.7 Å². The number of aromatic carboxylic acids is 1. The zero-order valence-corrected chi connectivity index (χ0v) is 13.9. The topological polar surface area (TPSA) is 103 Å². The quantitative estimate of drug-likeness (QED) is 0.524. The van der Waals surface area contributed by atoms with Crippen LogP contribution in [0.5, 0.6) is 0 Å². The van der Waals surface area contributed by atoms with Crippen LogP contribution >= 0.6 is 0 Å². The van der Waals surface area contributed by atoms with Crippen LogP contribution < -0.4 is 16.0 Å². The molecule has 7 nitrogen and oxygen atoms in total.